The van der Waals surface area contributed by atoms with Gasteiger partial charge in [0.15, 0.2) is 5.82 Å². The first-order chi connectivity index (χ1) is 14.7. The fourth-order valence-corrected chi connectivity index (χ4v) is 4.80. The molecule has 2 saturated heterocycles. The molecule has 1 aromatic carbocycles. The van der Waals surface area contributed by atoms with E-state index in [1.807, 2.05) is 13.8 Å². The Kier molecular flexibility index (Phi) is 7.71. The van der Waals surface area contributed by atoms with E-state index in [1.165, 1.54) is 50.0 Å². The van der Waals surface area contributed by atoms with Gasteiger partial charge in [-0.25, -0.2) is 4.99 Å². The van der Waals surface area contributed by atoms with Gasteiger partial charge in [-0.15, -0.1) is 0 Å². The van der Waals surface area contributed by atoms with Crippen LogP contribution < -0.4 is 16.0 Å². The Morgan fingerprint density at radius 3 is 2.35 bits per heavy atom. The fourth-order valence-electron chi connectivity index (χ4n) is 4.58. The molecule has 0 aromatic heterocycles. The summed E-state index contributed by atoms with van der Waals surface area (Å²) in [6.07, 6.45) is 6.05. The highest BCUT2D eigenvalue weighted by atomic mass is 35.5. The summed E-state index contributed by atoms with van der Waals surface area (Å²) >= 11 is 6.28. The molecule has 0 saturated carbocycles. The van der Waals surface area contributed by atoms with E-state index in [0.717, 1.165) is 30.8 Å². The molecule has 3 rings (SSSR count). The van der Waals surface area contributed by atoms with Crippen LogP contribution in [0.3, 0.4) is 0 Å². The molecule has 0 aliphatic carbocycles. The topological polar surface area (TPSA) is 56.9 Å². The molecule has 0 atom stereocenters. The SMILES string of the molecule is C=C(CC)/C(Cl)=N\C(Nc1ccc(N2CCC3(CCN(C)CC3)CC2)c(C)c1)=C(/C)N. The second-order valence-electron chi connectivity index (χ2n) is 9.31. The van der Waals surface area contributed by atoms with Gasteiger partial charge in [-0.1, -0.05) is 25.1 Å². The molecular formula is C25H38ClN5. The number of benzene rings is 1. The summed E-state index contributed by atoms with van der Waals surface area (Å²) in [6, 6.07) is 6.48. The number of halogens is 1. The third kappa shape index (κ3) is 5.83. The van der Waals surface area contributed by atoms with Crippen molar-refractivity contribution in [2.75, 3.05) is 43.4 Å². The van der Waals surface area contributed by atoms with Crippen LogP contribution in [0.1, 0.15) is 51.5 Å². The molecule has 0 amide bonds. The van der Waals surface area contributed by atoms with Crippen molar-refractivity contribution in [1.29, 1.82) is 0 Å². The first kappa shape index (κ1) is 23.7. The van der Waals surface area contributed by atoms with Gasteiger partial charge in [0.1, 0.15) is 5.17 Å². The predicted molar refractivity (Wildman–Crippen MR) is 135 cm³/mol. The van der Waals surface area contributed by atoms with Crippen LogP contribution in [-0.4, -0.2) is 43.3 Å². The van der Waals surface area contributed by atoms with Crippen LogP contribution in [0.2, 0.25) is 0 Å². The molecule has 1 aromatic rings. The van der Waals surface area contributed by atoms with Crippen LogP contribution in [-0.2, 0) is 0 Å². The number of aliphatic imine (C=N–C) groups is 1. The summed E-state index contributed by atoms with van der Waals surface area (Å²) in [7, 11) is 2.24. The van der Waals surface area contributed by atoms with E-state index in [4.69, 9.17) is 17.3 Å². The zero-order valence-electron chi connectivity index (χ0n) is 19.6. The van der Waals surface area contributed by atoms with Gasteiger partial charge in [-0.2, -0.15) is 0 Å². The third-order valence-corrected chi connectivity index (χ3v) is 7.33. The monoisotopic (exact) mass is 443 g/mol. The number of nitrogens with two attached hydrogens (primary N) is 1. The first-order valence-corrected chi connectivity index (χ1v) is 11.8. The van der Waals surface area contributed by atoms with Gasteiger partial charge < -0.3 is 20.9 Å². The van der Waals surface area contributed by atoms with Crippen molar-refractivity contribution in [3.63, 3.8) is 0 Å². The largest absolute Gasteiger partial charge is 0.399 e. The second kappa shape index (κ2) is 10.1. The molecule has 1 spiro atoms. The second-order valence-corrected chi connectivity index (χ2v) is 9.67. The Balaban J connectivity index is 1.68. The quantitative estimate of drug-likeness (QED) is 0.572. The maximum Gasteiger partial charge on any atom is 0.150 e. The van der Waals surface area contributed by atoms with Crippen molar-refractivity contribution in [3.05, 3.63) is 47.4 Å². The highest BCUT2D eigenvalue weighted by molar-refractivity contribution is 6.69. The number of aryl methyl sites for hydroxylation is 1. The summed E-state index contributed by atoms with van der Waals surface area (Å²) in [4.78, 5) is 9.47. The van der Waals surface area contributed by atoms with E-state index in [1.54, 1.807) is 0 Å². The molecule has 2 aliphatic rings. The molecular weight excluding hydrogens is 406 g/mol. The molecule has 5 nitrogen and oxygen atoms in total. The van der Waals surface area contributed by atoms with Crippen LogP contribution in [0.25, 0.3) is 0 Å². The normalized spacial score (nSPS) is 20.5. The summed E-state index contributed by atoms with van der Waals surface area (Å²) in [5.41, 5.74) is 11.5. The molecule has 170 valence electrons. The average Bonchev–Trinajstić information content (AvgIpc) is 2.75. The molecule has 2 fully saturated rings. The van der Waals surface area contributed by atoms with Gasteiger partial charge in [0.05, 0.1) is 0 Å². The Hall–Kier alpha value is -1.98. The van der Waals surface area contributed by atoms with Gasteiger partial charge in [-0.05, 0) is 101 Å². The Labute approximate surface area is 193 Å². The smallest absolute Gasteiger partial charge is 0.150 e. The van der Waals surface area contributed by atoms with E-state index in [9.17, 15) is 0 Å². The van der Waals surface area contributed by atoms with Crippen LogP contribution in [0.4, 0.5) is 11.4 Å². The number of rotatable bonds is 6. The molecule has 2 aliphatic heterocycles. The van der Waals surface area contributed by atoms with Crippen LogP contribution in [0, 0.1) is 12.3 Å². The van der Waals surface area contributed by atoms with E-state index < -0.39 is 0 Å². The van der Waals surface area contributed by atoms with Crippen molar-refractivity contribution < 1.29 is 0 Å². The van der Waals surface area contributed by atoms with Crippen molar-refractivity contribution >= 4 is 28.1 Å². The van der Waals surface area contributed by atoms with Crippen molar-refractivity contribution in [2.45, 2.75) is 52.9 Å². The van der Waals surface area contributed by atoms with Crippen LogP contribution in [0.5, 0.6) is 0 Å². The van der Waals surface area contributed by atoms with Crippen molar-refractivity contribution in [2.24, 2.45) is 16.1 Å². The van der Waals surface area contributed by atoms with Crippen LogP contribution in [0.15, 0.2) is 46.9 Å². The van der Waals surface area contributed by atoms with Gasteiger partial charge in [-0.3, -0.25) is 0 Å². The molecule has 6 heteroatoms. The lowest BCUT2D eigenvalue weighted by molar-refractivity contribution is 0.0944. The van der Waals surface area contributed by atoms with E-state index >= 15 is 0 Å². The molecule has 0 bridgehead atoms. The molecule has 3 N–H and O–H groups in total. The number of hydrogen-bond donors (Lipinski definition) is 2. The summed E-state index contributed by atoms with van der Waals surface area (Å²) in [5, 5.41) is 3.72. The van der Waals surface area contributed by atoms with Gasteiger partial charge >= 0.3 is 0 Å². The van der Waals surface area contributed by atoms with Crippen LogP contribution >= 0.6 is 11.6 Å². The highest BCUT2D eigenvalue weighted by Crippen LogP contribution is 2.42. The lowest BCUT2D eigenvalue weighted by Gasteiger charge is -2.47. The van der Waals surface area contributed by atoms with Crippen molar-refractivity contribution in [1.82, 2.24) is 4.90 Å². The molecule has 2 heterocycles. The van der Waals surface area contributed by atoms with E-state index in [2.05, 4.69) is 58.9 Å². The number of nitrogens with zero attached hydrogens (tertiary/aromatic N) is 3. The molecule has 0 unspecified atom stereocenters. The standard InChI is InChI=1S/C25H38ClN5/c1-6-18(2)23(26)29-24(20(4)27)28-21-7-8-22(19(3)17-21)31-15-11-25(12-16-31)9-13-30(5)14-10-25/h7-8,17,28H,2,6,9-16,27H2,1,3-5H3/b24-20+,29-23+. The first-order valence-electron chi connectivity index (χ1n) is 11.4. The van der Waals surface area contributed by atoms with Crippen molar-refractivity contribution in [3.8, 4) is 0 Å². The van der Waals surface area contributed by atoms with E-state index in [0.29, 0.717) is 22.1 Å². The number of anilines is 2. The zero-order valence-corrected chi connectivity index (χ0v) is 20.4. The predicted octanol–water partition coefficient (Wildman–Crippen LogP) is 5.47. The highest BCUT2D eigenvalue weighted by Gasteiger charge is 2.37. The maximum absolute atomic E-state index is 6.28. The van der Waals surface area contributed by atoms with Gasteiger partial charge in [0.25, 0.3) is 0 Å². The fraction of sp³-hybridized carbons (Fsp3) is 0.560. The van der Waals surface area contributed by atoms with Gasteiger partial charge in [0.2, 0.25) is 0 Å². The molecule has 0 radical (unpaired) electrons. The lowest BCUT2D eigenvalue weighted by Crippen LogP contribution is -2.46. The number of allylic oxidation sites excluding steroid dienone is 2. The Morgan fingerprint density at radius 1 is 1.19 bits per heavy atom. The number of piperidine rings is 2. The maximum atomic E-state index is 6.28. The third-order valence-electron chi connectivity index (χ3n) is 6.97. The summed E-state index contributed by atoms with van der Waals surface area (Å²) in [5.74, 6) is 0.564. The number of nitrogens with one attached hydrogen (secondary N) is 1. The molecule has 31 heavy (non-hydrogen) atoms. The van der Waals surface area contributed by atoms with Gasteiger partial charge in [0, 0.05) is 30.2 Å². The Morgan fingerprint density at radius 2 is 1.81 bits per heavy atom. The average molecular weight is 444 g/mol. The summed E-state index contributed by atoms with van der Waals surface area (Å²) in [6.45, 7) is 14.7. The minimum absolute atomic E-state index is 0.388. The lowest BCUT2D eigenvalue weighted by atomic mass is 9.71. The summed E-state index contributed by atoms with van der Waals surface area (Å²) < 4.78 is 0. The number of hydrogen-bond acceptors (Lipinski definition) is 5. The minimum atomic E-state index is 0.388. The van der Waals surface area contributed by atoms with E-state index in [-0.39, 0.29) is 0 Å². The Bertz CT molecular complexity index is 851. The minimum Gasteiger partial charge on any atom is -0.399 e. The number of likely N-dealkylation sites (tertiary alicyclic amines) is 1. The zero-order chi connectivity index (χ0) is 22.6.